The van der Waals surface area contributed by atoms with Gasteiger partial charge in [0.15, 0.2) is 0 Å². The number of aliphatic hydroxyl groups is 1. The van der Waals surface area contributed by atoms with Gasteiger partial charge < -0.3 is 15.3 Å². The molecule has 0 bridgehead atoms. The van der Waals surface area contributed by atoms with Crippen LogP contribution in [0.3, 0.4) is 0 Å². The molecule has 2 amide bonds. The largest absolute Gasteiger partial charge is 0.417 e. The second-order valence-electron chi connectivity index (χ2n) is 11.2. The van der Waals surface area contributed by atoms with E-state index in [1.807, 2.05) is 17.1 Å². The number of benzene rings is 3. The molecule has 3 aromatic rings. The molecule has 0 spiro atoms. The third kappa shape index (κ3) is 8.62. The maximum absolute atomic E-state index is 13.4. The molecule has 1 atom stereocenters. The van der Waals surface area contributed by atoms with Crippen molar-refractivity contribution in [2.45, 2.75) is 44.4 Å². The Morgan fingerprint density at radius 3 is 2.61 bits per heavy atom. The zero-order valence-electron chi connectivity index (χ0n) is 24.9. The number of hydrogen-bond donors (Lipinski definition) is 5. The maximum atomic E-state index is 13.4. The summed E-state index contributed by atoms with van der Waals surface area (Å²) in [5.74, 6) is -1.06. The molecule has 2 aliphatic heterocycles. The van der Waals surface area contributed by atoms with Gasteiger partial charge in [0.25, 0.3) is 11.8 Å². The number of amides is 2. The van der Waals surface area contributed by atoms with Crippen LogP contribution in [-0.2, 0) is 12.7 Å². The van der Waals surface area contributed by atoms with E-state index in [4.69, 9.17) is 11.6 Å². The molecular formula is C32H35ClF3N7O3. The van der Waals surface area contributed by atoms with Crippen LogP contribution in [0.4, 0.5) is 24.5 Å². The summed E-state index contributed by atoms with van der Waals surface area (Å²) >= 11 is 5.70. The number of carbonyl (C=O) groups excluding carboxylic acids is 2. The zero-order chi connectivity index (χ0) is 32.7. The van der Waals surface area contributed by atoms with Gasteiger partial charge in [0, 0.05) is 50.1 Å². The Labute approximate surface area is 269 Å². The summed E-state index contributed by atoms with van der Waals surface area (Å²) in [6.45, 7) is 2.95. The van der Waals surface area contributed by atoms with Gasteiger partial charge in [-0.25, -0.2) is 15.9 Å². The third-order valence-corrected chi connectivity index (χ3v) is 8.13. The smallest absolute Gasteiger partial charge is 0.396 e. The van der Waals surface area contributed by atoms with Crippen LogP contribution in [0.2, 0.25) is 5.02 Å². The molecular weight excluding hydrogens is 623 g/mol. The van der Waals surface area contributed by atoms with Crippen LogP contribution >= 0.6 is 11.6 Å². The highest BCUT2D eigenvalue weighted by Crippen LogP contribution is 2.35. The Hall–Kier alpha value is -4.01. The summed E-state index contributed by atoms with van der Waals surface area (Å²) < 4.78 is 39.8. The number of nitrogens with zero attached hydrogens (tertiary/aromatic N) is 3. The van der Waals surface area contributed by atoms with E-state index in [2.05, 4.69) is 31.7 Å². The molecule has 5 rings (SSSR count). The van der Waals surface area contributed by atoms with Gasteiger partial charge in [-0.15, -0.1) is 0 Å². The van der Waals surface area contributed by atoms with Gasteiger partial charge >= 0.3 is 6.18 Å². The molecule has 0 saturated carbocycles. The van der Waals surface area contributed by atoms with E-state index in [-0.39, 0.29) is 29.5 Å². The first kappa shape index (κ1) is 33.4. The highest BCUT2D eigenvalue weighted by atomic mass is 35.5. The van der Waals surface area contributed by atoms with E-state index in [1.165, 1.54) is 6.07 Å². The number of hydrazine groups is 2. The van der Waals surface area contributed by atoms with Crippen LogP contribution < -0.4 is 26.6 Å². The monoisotopic (exact) mass is 657 g/mol. The number of halogens is 4. The fourth-order valence-electron chi connectivity index (χ4n) is 5.43. The number of piperidine rings is 1. The van der Waals surface area contributed by atoms with Crippen molar-refractivity contribution in [3.63, 3.8) is 0 Å². The van der Waals surface area contributed by atoms with Crippen LogP contribution in [0.5, 0.6) is 0 Å². The molecule has 0 aromatic heterocycles. The highest BCUT2D eigenvalue weighted by Gasteiger charge is 2.33. The summed E-state index contributed by atoms with van der Waals surface area (Å²) in [6, 6.07) is 15.8. The average molecular weight is 658 g/mol. The van der Waals surface area contributed by atoms with Gasteiger partial charge in [-0.1, -0.05) is 29.8 Å². The van der Waals surface area contributed by atoms with E-state index in [1.54, 1.807) is 30.3 Å². The maximum Gasteiger partial charge on any atom is 0.417 e. The minimum absolute atomic E-state index is 0.0827. The minimum Gasteiger partial charge on any atom is -0.396 e. The molecule has 1 unspecified atom stereocenters. The van der Waals surface area contributed by atoms with E-state index in [9.17, 15) is 27.9 Å². The van der Waals surface area contributed by atoms with Gasteiger partial charge in [-0.3, -0.25) is 9.59 Å². The summed E-state index contributed by atoms with van der Waals surface area (Å²) in [7, 11) is 0. The van der Waals surface area contributed by atoms with Gasteiger partial charge in [-0.05, 0) is 79.3 Å². The summed E-state index contributed by atoms with van der Waals surface area (Å²) in [5.41, 5.74) is 10.2. The first-order chi connectivity index (χ1) is 22.1. The quantitative estimate of drug-likeness (QED) is 0.155. The predicted octanol–water partition coefficient (Wildman–Crippen LogP) is 4.94. The second kappa shape index (κ2) is 15.1. The highest BCUT2D eigenvalue weighted by molar-refractivity contribution is 6.31. The number of hydrogen-bond acceptors (Lipinski definition) is 8. The molecule has 10 nitrogen and oxygen atoms in total. The average Bonchev–Trinajstić information content (AvgIpc) is 3.48. The van der Waals surface area contributed by atoms with Crippen molar-refractivity contribution in [2.75, 3.05) is 36.5 Å². The van der Waals surface area contributed by atoms with Crippen molar-refractivity contribution in [3.8, 4) is 0 Å². The zero-order valence-corrected chi connectivity index (χ0v) is 25.7. The van der Waals surface area contributed by atoms with Gasteiger partial charge in [0.2, 0.25) is 0 Å². The van der Waals surface area contributed by atoms with Crippen molar-refractivity contribution in [2.24, 2.45) is 5.10 Å². The van der Waals surface area contributed by atoms with Crippen molar-refractivity contribution < 1.29 is 27.9 Å². The Balaban J connectivity index is 1.33. The molecule has 3 aromatic carbocycles. The van der Waals surface area contributed by atoms with Crippen LogP contribution in [0.15, 0.2) is 65.8 Å². The van der Waals surface area contributed by atoms with Crippen LogP contribution in [-0.4, -0.2) is 60.4 Å². The molecule has 46 heavy (non-hydrogen) atoms. The van der Waals surface area contributed by atoms with E-state index < -0.39 is 28.6 Å². The lowest BCUT2D eigenvalue weighted by molar-refractivity contribution is -0.137. The SMILES string of the molecule is O=C(Nc1ccc(N2CCCCC2)cc1C(=O)N/N=C/c1ccc(Cl)c(C(F)(F)F)c1)c1cccc(CN2CC(CCO)NN2)c1. The molecule has 2 saturated heterocycles. The molecule has 14 heteroatoms. The normalized spacial score (nSPS) is 17.4. The van der Waals surface area contributed by atoms with E-state index in [0.29, 0.717) is 25.1 Å². The number of alkyl halides is 3. The number of hydrazone groups is 1. The third-order valence-electron chi connectivity index (χ3n) is 7.80. The van der Waals surface area contributed by atoms with E-state index in [0.717, 1.165) is 62.0 Å². The Kier molecular flexibility index (Phi) is 10.9. The number of nitrogens with one attached hydrogen (secondary N) is 4. The number of rotatable bonds is 10. The molecule has 2 heterocycles. The van der Waals surface area contributed by atoms with Crippen molar-refractivity contribution in [1.29, 1.82) is 0 Å². The second-order valence-corrected chi connectivity index (χ2v) is 11.6. The summed E-state index contributed by atoms with van der Waals surface area (Å²) in [6.07, 6.45) is 0.235. The van der Waals surface area contributed by atoms with Crippen molar-refractivity contribution in [1.82, 2.24) is 21.4 Å². The first-order valence-corrected chi connectivity index (χ1v) is 15.3. The lowest BCUT2D eigenvalue weighted by Gasteiger charge is -2.29. The lowest BCUT2D eigenvalue weighted by Crippen LogP contribution is -2.36. The minimum atomic E-state index is -4.64. The van der Waals surface area contributed by atoms with Crippen molar-refractivity contribution >= 4 is 41.0 Å². The van der Waals surface area contributed by atoms with Gasteiger partial charge in [0.05, 0.1) is 28.1 Å². The standard InChI is InChI=1S/C32H35ClF3N7O3/c33-28-9-7-21(16-27(28)32(34,35)36)18-37-40-31(46)26-17-25(42-12-2-1-3-13-42)8-10-29(26)38-30(45)23-6-4-5-22(15-23)19-43-20-24(11-14-44)39-41-43/h4-10,15-18,24,39,41,44H,1-3,11-14,19-20H2,(H,38,45)(H,40,46)/b37-18+. The van der Waals surface area contributed by atoms with Crippen LogP contribution in [0.25, 0.3) is 0 Å². The molecule has 2 fully saturated rings. The first-order valence-electron chi connectivity index (χ1n) is 15.0. The number of aliphatic hydroxyl groups excluding tert-OH is 1. The summed E-state index contributed by atoms with van der Waals surface area (Å²) in [5, 5.41) is 17.4. The Morgan fingerprint density at radius 1 is 1.04 bits per heavy atom. The van der Waals surface area contributed by atoms with Crippen LogP contribution in [0, 0.1) is 0 Å². The fourth-order valence-corrected chi connectivity index (χ4v) is 5.66. The van der Waals surface area contributed by atoms with Gasteiger partial charge in [-0.2, -0.15) is 23.8 Å². The number of carbonyl (C=O) groups is 2. The lowest BCUT2D eigenvalue weighted by atomic mass is 10.1. The molecule has 0 radical (unpaired) electrons. The Bertz CT molecular complexity index is 1580. The fraction of sp³-hybridized carbons (Fsp3) is 0.344. The van der Waals surface area contributed by atoms with Crippen LogP contribution in [0.1, 0.15) is 63.1 Å². The Morgan fingerprint density at radius 2 is 1.85 bits per heavy atom. The predicted molar refractivity (Wildman–Crippen MR) is 171 cm³/mol. The molecule has 5 N–H and O–H groups in total. The summed E-state index contributed by atoms with van der Waals surface area (Å²) in [4.78, 5) is 28.9. The molecule has 244 valence electrons. The number of anilines is 2. The van der Waals surface area contributed by atoms with Gasteiger partial charge in [0.1, 0.15) is 0 Å². The molecule has 0 aliphatic carbocycles. The topological polar surface area (TPSA) is 121 Å². The van der Waals surface area contributed by atoms with Crippen molar-refractivity contribution in [3.05, 3.63) is 93.5 Å². The van der Waals surface area contributed by atoms with E-state index >= 15 is 0 Å². The molecule has 2 aliphatic rings.